The van der Waals surface area contributed by atoms with E-state index in [0.29, 0.717) is 17.5 Å². The molecule has 0 atom stereocenters. The number of aromatic nitrogens is 4. The lowest BCUT2D eigenvalue weighted by molar-refractivity contribution is 0.669. The first kappa shape index (κ1) is 29.4. The second-order valence-electron chi connectivity index (χ2n) is 13.2. The zero-order valence-corrected chi connectivity index (χ0v) is 28.3. The zero-order valence-electron chi connectivity index (χ0n) is 28.3. The second-order valence-corrected chi connectivity index (χ2v) is 13.2. The third kappa shape index (κ3) is 4.70. The van der Waals surface area contributed by atoms with Crippen LogP contribution >= 0.6 is 0 Å². The molecule has 0 saturated carbocycles. The molecule has 0 radical (unpaired) electrons. The maximum Gasteiger partial charge on any atom is 0.164 e. The Bertz CT molecular complexity index is 3090. The Morgan fingerprint density at radius 1 is 0.396 bits per heavy atom. The Morgan fingerprint density at radius 3 is 1.75 bits per heavy atom. The summed E-state index contributed by atoms with van der Waals surface area (Å²) in [5.74, 6) is 1.84. The largest absolute Gasteiger partial charge is 0.456 e. The molecule has 0 amide bonds. The van der Waals surface area contributed by atoms with E-state index in [1.807, 2.05) is 84.9 Å². The summed E-state index contributed by atoms with van der Waals surface area (Å²) in [6, 6.07) is 58.0. The van der Waals surface area contributed by atoms with E-state index in [4.69, 9.17) is 23.8 Å². The SMILES string of the molecule is c1ccc(-c2nc(-c3ccccc3)nc(-c3cccc4oc5ccc(-c6ccc(-n7c8ccccc8c8oc9ccccc9c87)cc6)cc5c34)n2)cc1. The highest BCUT2D eigenvalue weighted by Gasteiger charge is 2.20. The minimum atomic E-state index is 0.595. The van der Waals surface area contributed by atoms with Crippen molar-refractivity contribution in [2.75, 3.05) is 0 Å². The molecule has 0 N–H and O–H groups in total. The topological polar surface area (TPSA) is 69.9 Å². The van der Waals surface area contributed by atoms with E-state index in [0.717, 1.165) is 88.4 Å². The van der Waals surface area contributed by atoms with Crippen LogP contribution in [0.4, 0.5) is 0 Å². The average Bonchev–Trinajstić information content (AvgIpc) is 3.90. The fraction of sp³-hybridized carbons (Fsp3) is 0. The summed E-state index contributed by atoms with van der Waals surface area (Å²) in [5.41, 5.74) is 11.6. The molecule has 11 aromatic rings. The molecule has 0 fully saturated rings. The number of nitrogens with zero attached hydrogens (tertiary/aromatic N) is 4. The fourth-order valence-electron chi connectivity index (χ4n) is 7.61. The van der Waals surface area contributed by atoms with Crippen LogP contribution in [0.3, 0.4) is 0 Å². The number of rotatable bonds is 5. The van der Waals surface area contributed by atoms with Gasteiger partial charge in [-0.3, -0.25) is 0 Å². The molecule has 0 saturated heterocycles. The van der Waals surface area contributed by atoms with Crippen LogP contribution < -0.4 is 0 Å². The van der Waals surface area contributed by atoms with Gasteiger partial charge < -0.3 is 13.4 Å². The number of fused-ring (bicyclic) bond motifs is 8. The minimum Gasteiger partial charge on any atom is -0.456 e. The molecule has 0 aliphatic carbocycles. The van der Waals surface area contributed by atoms with Gasteiger partial charge >= 0.3 is 0 Å². The first-order valence-corrected chi connectivity index (χ1v) is 17.6. The standard InChI is InChI=1S/C47H28N4O2/c1-3-12-30(13-4-1)45-48-46(31-14-5-2-6-15-31)50-47(49-45)36-18-11-21-41-42(36)37-28-32(24-27-40(37)52-41)29-22-25-33(26-23-29)51-38-19-9-7-16-34(38)44-43(51)35-17-8-10-20-39(35)53-44/h1-28H. The predicted octanol–water partition coefficient (Wildman–Crippen LogP) is 12.3. The normalized spacial score (nSPS) is 11.8. The van der Waals surface area contributed by atoms with Crippen LogP contribution in [0.25, 0.3) is 106 Å². The first-order valence-electron chi connectivity index (χ1n) is 17.6. The molecule has 248 valence electrons. The smallest absolute Gasteiger partial charge is 0.164 e. The van der Waals surface area contributed by atoms with Gasteiger partial charge in [0.25, 0.3) is 0 Å². The highest BCUT2D eigenvalue weighted by Crippen LogP contribution is 2.41. The lowest BCUT2D eigenvalue weighted by Gasteiger charge is -2.10. The van der Waals surface area contributed by atoms with Crippen LogP contribution in [0.5, 0.6) is 0 Å². The summed E-state index contributed by atoms with van der Waals surface area (Å²) < 4.78 is 15.1. The van der Waals surface area contributed by atoms with E-state index in [-0.39, 0.29) is 0 Å². The van der Waals surface area contributed by atoms with Gasteiger partial charge in [-0.05, 0) is 65.7 Å². The van der Waals surface area contributed by atoms with E-state index in [1.54, 1.807) is 0 Å². The molecule has 0 aliphatic heterocycles. The first-order chi connectivity index (χ1) is 26.3. The van der Waals surface area contributed by atoms with Crippen LogP contribution in [0.15, 0.2) is 179 Å². The van der Waals surface area contributed by atoms with Crippen molar-refractivity contribution in [3.05, 3.63) is 170 Å². The molecule has 0 bridgehead atoms. The third-order valence-corrected chi connectivity index (χ3v) is 10.1. The van der Waals surface area contributed by atoms with E-state index in [1.165, 1.54) is 0 Å². The molecule has 6 nitrogen and oxygen atoms in total. The van der Waals surface area contributed by atoms with Crippen molar-refractivity contribution in [1.82, 2.24) is 19.5 Å². The van der Waals surface area contributed by atoms with E-state index in [2.05, 4.69) is 89.5 Å². The van der Waals surface area contributed by atoms with E-state index < -0.39 is 0 Å². The Balaban J connectivity index is 1.05. The zero-order chi connectivity index (χ0) is 34.9. The summed E-state index contributed by atoms with van der Waals surface area (Å²) in [6.45, 7) is 0. The van der Waals surface area contributed by atoms with Crippen LogP contribution in [0.2, 0.25) is 0 Å². The summed E-state index contributed by atoms with van der Waals surface area (Å²) >= 11 is 0. The van der Waals surface area contributed by atoms with Gasteiger partial charge in [0.15, 0.2) is 23.1 Å². The summed E-state index contributed by atoms with van der Waals surface area (Å²) in [4.78, 5) is 15.0. The Hall–Kier alpha value is -7.31. The number of para-hydroxylation sites is 2. The van der Waals surface area contributed by atoms with Gasteiger partial charge in [-0.2, -0.15) is 0 Å². The molecular formula is C47H28N4O2. The minimum absolute atomic E-state index is 0.595. The van der Waals surface area contributed by atoms with Crippen LogP contribution in [-0.2, 0) is 0 Å². The van der Waals surface area contributed by atoms with Gasteiger partial charge in [0.2, 0.25) is 0 Å². The van der Waals surface area contributed by atoms with Crippen LogP contribution in [0, 0.1) is 0 Å². The van der Waals surface area contributed by atoms with E-state index in [9.17, 15) is 0 Å². The molecule has 4 heterocycles. The number of benzene rings is 7. The number of hydrogen-bond acceptors (Lipinski definition) is 5. The lowest BCUT2D eigenvalue weighted by Crippen LogP contribution is -2.00. The second kappa shape index (κ2) is 11.6. The Kier molecular flexibility index (Phi) is 6.45. The molecule has 4 aromatic heterocycles. The lowest BCUT2D eigenvalue weighted by atomic mass is 10.00. The average molecular weight is 681 g/mol. The summed E-state index contributed by atoms with van der Waals surface area (Å²) in [6.07, 6.45) is 0. The van der Waals surface area contributed by atoms with Gasteiger partial charge in [0.05, 0.1) is 5.52 Å². The highest BCUT2D eigenvalue weighted by molar-refractivity contribution is 6.16. The maximum atomic E-state index is 6.43. The van der Waals surface area contributed by atoms with Crippen LogP contribution in [0.1, 0.15) is 0 Å². The van der Waals surface area contributed by atoms with Gasteiger partial charge in [-0.1, -0.05) is 115 Å². The molecule has 53 heavy (non-hydrogen) atoms. The van der Waals surface area contributed by atoms with Crippen molar-refractivity contribution in [3.63, 3.8) is 0 Å². The van der Waals surface area contributed by atoms with Gasteiger partial charge in [-0.15, -0.1) is 0 Å². The number of furan rings is 2. The Labute approximate surface area is 303 Å². The molecule has 0 aliphatic rings. The maximum absolute atomic E-state index is 6.43. The predicted molar refractivity (Wildman–Crippen MR) is 213 cm³/mol. The van der Waals surface area contributed by atoms with Gasteiger partial charge in [0.1, 0.15) is 22.3 Å². The van der Waals surface area contributed by atoms with E-state index >= 15 is 0 Å². The monoisotopic (exact) mass is 680 g/mol. The van der Waals surface area contributed by atoms with Gasteiger partial charge in [-0.25, -0.2) is 15.0 Å². The van der Waals surface area contributed by atoms with Crippen molar-refractivity contribution in [2.24, 2.45) is 0 Å². The molecule has 0 unspecified atom stereocenters. The fourth-order valence-corrected chi connectivity index (χ4v) is 7.61. The third-order valence-electron chi connectivity index (χ3n) is 10.1. The van der Waals surface area contributed by atoms with Crippen molar-refractivity contribution in [2.45, 2.75) is 0 Å². The molecule has 6 heteroatoms. The molecular weight excluding hydrogens is 653 g/mol. The molecule has 7 aromatic carbocycles. The molecule has 11 rings (SSSR count). The summed E-state index contributed by atoms with van der Waals surface area (Å²) in [5, 5.41) is 4.17. The van der Waals surface area contributed by atoms with Crippen molar-refractivity contribution in [3.8, 4) is 51.0 Å². The highest BCUT2D eigenvalue weighted by atomic mass is 16.3. The molecule has 0 spiro atoms. The summed E-state index contributed by atoms with van der Waals surface area (Å²) in [7, 11) is 0. The quantitative estimate of drug-likeness (QED) is 0.181. The van der Waals surface area contributed by atoms with Crippen molar-refractivity contribution < 1.29 is 8.83 Å². The number of hydrogen-bond donors (Lipinski definition) is 0. The van der Waals surface area contributed by atoms with Crippen molar-refractivity contribution >= 4 is 54.9 Å². The van der Waals surface area contributed by atoms with Crippen LogP contribution in [-0.4, -0.2) is 19.5 Å². The Morgan fingerprint density at radius 2 is 1.00 bits per heavy atom. The van der Waals surface area contributed by atoms with Gasteiger partial charge in [0, 0.05) is 43.9 Å². The van der Waals surface area contributed by atoms with Crippen molar-refractivity contribution in [1.29, 1.82) is 0 Å².